The quantitative estimate of drug-likeness (QED) is 0.762. The van der Waals surface area contributed by atoms with Gasteiger partial charge in [0, 0.05) is 12.8 Å². The molecule has 1 aromatic carbocycles. The van der Waals surface area contributed by atoms with Crippen molar-refractivity contribution in [1.82, 2.24) is 4.72 Å². The van der Waals surface area contributed by atoms with E-state index in [1.165, 1.54) is 12.1 Å². The predicted molar refractivity (Wildman–Crippen MR) is 69.4 cm³/mol. The van der Waals surface area contributed by atoms with Crippen LogP contribution in [0.2, 0.25) is 0 Å². The van der Waals surface area contributed by atoms with Crippen LogP contribution in [0.3, 0.4) is 0 Å². The predicted octanol–water partition coefficient (Wildman–Crippen LogP) is 0.361. The van der Waals surface area contributed by atoms with Crippen LogP contribution < -0.4 is 10.5 Å². The van der Waals surface area contributed by atoms with Crippen molar-refractivity contribution in [1.29, 1.82) is 0 Å². The molecule has 0 aromatic heterocycles. The minimum absolute atomic E-state index is 0.0194. The monoisotopic (exact) mass is 292 g/mol. The first-order valence-corrected chi connectivity index (χ1v) is 8.65. The van der Waals surface area contributed by atoms with Crippen LogP contribution in [-0.4, -0.2) is 29.6 Å². The van der Waals surface area contributed by atoms with Gasteiger partial charge in [0.2, 0.25) is 10.0 Å². The van der Waals surface area contributed by atoms with Crippen molar-refractivity contribution in [2.24, 2.45) is 0 Å². The van der Waals surface area contributed by atoms with E-state index >= 15 is 0 Å². The second kappa shape index (κ2) is 5.25. The smallest absolute Gasteiger partial charge is 0.242 e. The average Bonchev–Trinajstić information content (AvgIpc) is 2.25. The number of sulfone groups is 1. The number of rotatable bonds is 5. The Bertz CT molecular complexity index is 636. The Kier molecular flexibility index (Phi) is 4.36. The molecule has 0 aliphatic heterocycles. The van der Waals surface area contributed by atoms with Crippen LogP contribution in [0.5, 0.6) is 0 Å². The van der Waals surface area contributed by atoms with Gasteiger partial charge < -0.3 is 5.73 Å². The molecule has 0 aliphatic carbocycles. The number of nitrogens with two attached hydrogens (primary N) is 1. The summed E-state index contributed by atoms with van der Waals surface area (Å²) in [5.74, 6) is 0. The zero-order valence-electron chi connectivity index (χ0n) is 10.2. The Morgan fingerprint density at radius 3 is 2.33 bits per heavy atom. The topological polar surface area (TPSA) is 106 Å². The molecule has 0 unspecified atom stereocenters. The minimum Gasteiger partial charge on any atom is -0.398 e. The molecule has 0 fully saturated rings. The molecule has 6 nitrogen and oxygen atoms in total. The van der Waals surface area contributed by atoms with Crippen LogP contribution in [0, 0.1) is 0 Å². The normalized spacial score (nSPS) is 12.6. The zero-order chi connectivity index (χ0) is 14.0. The van der Waals surface area contributed by atoms with Crippen molar-refractivity contribution in [3.8, 4) is 0 Å². The van der Waals surface area contributed by atoms with Crippen LogP contribution in [0.4, 0.5) is 5.69 Å². The first kappa shape index (κ1) is 14.9. The van der Waals surface area contributed by atoms with Gasteiger partial charge in [0.25, 0.3) is 0 Å². The van der Waals surface area contributed by atoms with Crippen molar-refractivity contribution in [2.75, 3.05) is 18.5 Å². The fourth-order valence-electron chi connectivity index (χ4n) is 1.29. The molecule has 0 saturated carbocycles. The minimum atomic E-state index is -3.78. The Hall–Kier alpha value is -1.12. The molecular weight excluding hydrogens is 276 g/mol. The molecule has 0 atom stereocenters. The number of hydrogen-bond donors (Lipinski definition) is 2. The second-order valence-corrected chi connectivity index (χ2v) is 7.62. The molecule has 0 heterocycles. The molecule has 1 aromatic rings. The van der Waals surface area contributed by atoms with Gasteiger partial charge >= 0.3 is 0 Å². The summed E-state index contributed by atoms with van der Waals surface area (Å²) in [6.45, 7) is 2.09. The van der Waals surface area contributed by atoms with Gasteiger partial charge in [-0.2, -0.15) is 0 Å². The highest BCUT2D eigenvalue weighted by Gasteiger charge is 2.19. The molecule has 102 valence electrons. The van der Waals surface area contributed by atoms with Gasteiger partial charge in [-0.15, -0.1) is 0 Å². The maximum atomic E-state index is 11.9. The van der Waals surface area contributed by atoms with Gasteiger partial charge in [-0.25, -0.2) is 21.6 Å². The second-order valence-electron chi connectivity index (χ2n) is 3.87. The molecule has 8 heteroatoms. The van der Waals surface area contributed by atoms with Crippen molar-refractivity contribution in [3.05, 3.63) is 18.2 Å². The largest absolute Gasteiger partial charge is 0.398 e. The van der Waals surface area contributed by atoms with E-state index in [4.69, 9.17) is 5.73 Å². The summed E-state index contributed by atoms with van der Waals surface area (Å²) in [5.41, 5.74) is 5.60. The third kappa shape index (κ3) is 3.44. The highest BCUT2D eigenvalue weighted by molar-refractivity contribution is 7.91. The van der Waals surface area contributed by atoms with Gasteiger partial charge in [0.05, 0.1) is 10.6 Å². The first-order valence-electron chi connectivity index (χ1n) is 5.27. The SMILES string of the molecule is CCCNS(=O)(=O)c1cc(S(C)(=O)=O)ccc1N. The summed E-state index contributed by atoms with van der Waals surface area (Å²) in [6, 6.07) is 3.63. The summed E-state index contributed by atoms with van der Waals surface area (Å²) in [4.78, 5) is -0.285. The van der Waals surface area contributed by atoms with Crippen LogP contribution in [0.1, 0.15) is 13.3 Å². The van der Waals surface area contributed by atoms with E-state index in [1.54, 1.807) is 0 Å². The summed E-state index contributed by atoms with van der Waals surface area (Å²) in [7, 11) is -7.25. The zero-order valence-corrected chi connectivity index (χ0v) is 11.8. The molecule has 0 radical (unpaired) electrons. The highest BCUT2D eigenvalue weighted by atomic mass is 32.2. The molecule has 1 rings (SSSR count). The molecule has 18 heavy (non-hydrogen) atoms. The van der Waals surface area contributed by atoms with Gasteiger partial charge in [-0.1, -0.05) is 6.92 Å². The van der Waals surface area contributed by atoms with Crippen LogP contribution in [0.15, 0.2) is 28.0 Å². The average molecular weight is 292 g/mol. The molecule has 0 saturated heterocycles. The lowest BCUT2D eigenvalue weighted by Gasteiger charge is -2.09. The Balaban J connectivity index is 3.33. The van der Waals surface area contributed by atoms with Gasteiger partial charge in [-0.3, -0.25) is 0 Å². The van der Waals surface area contributed by atoms with Crippen molar-refractivity contribution >= 4 is 25.5 Å². The molecule has 0 bridgehead atoms. The fourth-order valence-corrected chi connectivity index (χ4v) is 3.30. The number of nitrogen functional groups attached to an aromatic ring is 1. The van der Waals surface area contributed by atoms with Crippen LogP contribution in [0.25, 0.3) is 0 Å². The lowest BCUT2D eigenvalue weighted by atomic mass is 10.3. The number of hydrogen-bond acceptors (Lipinski definition) is 5. The van der Waals surface area contributed by atoms with Gasteiger partial charge in [0.1, 0.15) is 4.90 Å². The number of anilines is 1. The van der Waals surface area contributed by atoms with E-state index in [2.05, 4.69) is 4.72 Å². The highest BCUT2D eigenvalue weighted by Crippen LogP contribution is 2.22. The molecule has 0 spiro atoms. The van der Waals surface area contributed by atoms with Crippen molar-refractivity contribution < 1.29 is 16.8 Å². The van der Waals surface area contributed by atoms with Gasteiger partial charge in [0.15, 0.2) is 9.84 Å². The summed E-state index contributed by atoms with van der Waals surface area (Å²) in [6.07, 6.45) is 1.64. The first-order chi connectivity index (χ1) is 8.18. The molecule has 3 N–H and O–H groups in total. The third-order valence-electron chi connectivity index (χ3n) is 2.24. The Morgan fingerprint density at radius 2 is 1.83 bits per heavy atom. The third-order valence-corrected chi connectivity index (χ3v) is 4.87. The maximum Gasteiger partial charge on any atom is 0.242 e. The van der Waals surface area contributed by atoms with Crippen LogP contribution in [-0.2, 0) is 19.9 Å². The Labute approximate surface area is 107 Å². The number of sulfonamides is 1. The lowest BCUT2D eigenvalue weighted by molar-refractivity contribution is 0.581. The lowest BCUT2D eigenvalue weighted by Crippen LogP contribution is -2.25. The van der Waals surface area contributed by atoms with E-state index < -0.39 is 19.9 Å². The number of benzene rings is 1. The standard InChI is InChI=1S/C10H16N2O4S2/c1-3-6-12-18(15,16)10-7-8(17(2,13)14)4-5-9(10)11/h4-5,7,12H,3,6,11H2,1-2H3. The number of nitrogens with one attached hydrogen (secondary N) is 1. The van der Waals surface area contributed by atoms with Crippen molar-refractivity contribution in [2.45, 2.75) is 23.1 Å². The molecule has 0 aliphatic rings. The van der Waals surface area contributed by atoms with E-state index in [9.17, 15) is 16.8 Å². The Morgan fingerprint density at radius 1 is 1.22 bits per heavy atom. The fraction of sp³-hybridized carbons (Fsp3) is 0.400. The summed E-state index contributed by atoms with van der Waals surface area (Å²) < 4.78 is 48.9. The van der Waals surface area contributed by atoms with E-state index in [0.29, 0.717) is 6.42 Å². The van der Waals surface area contributed by atoms with E-state index in [-0.39, 0.29) is 22.0 Å². The summed E-state index contributed by atoms with van der Waals surface area (Å²) in [5, 5.41) is 0. The van der Waals surface area contributed by atoms with E-state index in [0.717, 1.165) is 12.3 Å². The molecule has 0 amide bonds. The van der Waals surface area contributed by atoms with Gasteiger partial charge in [-0.05, 0) is 24.6 Å². The maximum absolute atomic E-state index is 11.9. The van der Waals surface area contributed by atoms with E-state index in [1.807, 2.05) is 6.92 Å². The van der Waals surface area contributed by atoms with Crippen LogP contribution >= 0.6 is 0 Å². The molecular formula is C10H16N2O4S2. The van der Waals surface area contributed by atoms with Crippen molar-refractivity contribution in [3.63, 3.8) is 0 Å². The summed E-state index contributed by atoms with van der Waals surface area (Å²) >= 11 is 0.